The first-order valence-corrected chi connectivity index (χ1v) is 6.30. The molecular weight excluding hydrogens is 276 g/mol. The Kier molecular flexibility index (Phi) is 2.67. The predicted molar refractivity (Wildman–Crippen MR) is 72.5 cm³/mol. The number of Topliss-reactive ketones (excluding diaryl/α,β-unsaturated/α-hetero) is 1. The Morgan fingerprint density at radius 3 is 2.38 bits per heavy atom. The van der Waals surface area contributed by atoms with Gasteiger partial charge in [0.2, 0.25) is 0 Å². The third-order valence-corrected chi connectivity index (χ3v) is 3.75. The summed E-state index contributed by atoms with van der Waals surface area (Å²) < 4.78 is 0. The topological polar surface area (TPSA) is 115 Å². The smallest absolute Gasteiger partial charge is 0.193 e. The number of rotatable bonds is 0. The highest BCUT2D eigenvalue weighted by molar-refractivity contribution is 6.27. The molecule has 0 amide bonds. The number of phenolic OH excluding ortho intramolecular Hbond substituents is 2. The van der Waals surface area contributed by atoms with Crippen LogP contribution >= 0.6 is 0 Å². The summed E-state index contributed by atoms with van der Waals surface area (Å²) in [6, 6.07) is 0. The van der Waals surface area contributed by atoms with Crippen LogP contribution in [0.3, 0.4) is 0 Å². The highest BCUT2D eigenvalue weighted by Crippen LogP contribution is 2.45. The number of benzene rings is 1. The highest BCUT2D eigenvalue weighted by Gasteiger charge is 2.36. The van der Waals surface area contributed by atoms with Crippen molar-refractivity contribution in [2.45, 2.75) is 19.4 Å². The monoisotopic (exact) mass is 288 g/mol. The van der Waals surface area contributed by atoms with Crippen LogP contribution in [0.2, 0.25) is 0 Å². The molecule has 0 aromatic heterocycles. The second-order valence-corrected chi connectivity index (χ2v) is 5.14. The Hall–Kier alpha value is -2.60. The van der Waals surface area contributed by atoms with Gasteiger partial charge in [0.1, 0.15) is 17.3 Å². The number of carbonyl (C=O) groups excluding carboxylic acids is 2. The number of fused-ring (bicyclic) bond motifs is 2. The van der Waals surface area contributed by atoms with Crippen LogP contribution in [0.4, 0.5) is 0 Å². The van der Waals surface area contributed by atoms with Gasteiger partial charge < -0.3 is 20.4 Å². The van der Waals surface area contributed by atoms with Crippen LogP contribution in [0.25, 0.3) is 5.76 Å². The van der Waals surface area contributed by atoms with Gasteiger partial charge in [0.05, 0.1) is 22.8 Å². The number of allylic oxidation sites excluding steroid dienone is 2. The molecule has 0 radical (unpaired) electrons. The Labute approximate surface area is 119 Å². The van der Waals surface area contributed by atoms with Gasteiger partial charge in [-0.25, -0.2) is 0 Å². The van der Waals surface area contributed by atoms with Gasteiger partial charge in [-0.2, -0.15) is 0 Å². The molecule has 0 saturated heterocycles. The average Bonchev–Trinajstić information content (AvgIpc) is 2.39. The molecule has 4 N–H and O–H groups in total. The molecule has 2 aliphatic rings. The fourth-order valence-electron chi connectivity index (χ4n) is 2.77. The van der Waals surface area contributed by atoms with E-state index < -0.39 is 34.9 Å². The van der Waals surface area contributed by atoms with Crippen molar-refractivity contribution in [3.05, 3.63) is 40.0 Å². The molecule has 3 rings (SSSR count). The quantitative estimate of drug-likeness (QED) is 0.534. The number of hydrogen-bond donors (Lipinski definition) is 4. The Bertz CT molecular complexity index is 769. The van der Waals surface area contributed by atoms with Crippen LogP contribution in [-0.4, -0.2) is 38.1 Å². The first-order valence-electron chi connectivity index (χ1n) is 6.30. The molecule has 2 aliphatic carbocycles. The normalized spacial score (nSPS) is 20.6. The van der Waals surface area contributed by atoms with E-state index in [1.54, 1.807) is 0 Å². The molecule has 108 valence electrons. The SMILES string of the molecule is CC1=CC(=O)c2c(O)c3c(c(O)c2C1=O)CC(O)C=C3O. The Morgan fingerprint density at radius 2 is 1.71 bits per heavy atom. The third kappa shape index (κ3) is 1.69. The van der Waals surface area contributed by atoms with Crippen molar-refractivity contribution in [2.24, 2.45) is 0 Å². The first kappa shape index (κ1) is 13.4. The maximum atomic E-state index is 12.2. The van der Waals surface area contributed by atoms with E-state index in [0.717, 1.165) is 12.2 Å². The van der Waals surface area contributed by atoms with E-state index in [2.05, 4.69) is 0 Å². The summed E-state index contributed by atoms with van der Waals surface area (Å²) in [6.45, 7) is 1.44. The van der Waals surface area contributed by atoms with Crippen molar-refractivity contribution in [3.8, 4) is 11.5 Å². The second kappa shape index (κ2) is 4.20. The van der Waals surface area contributed by atoms with Crippen molar-refractivity contribution in [1.82, 2.24) is 0 Å². The molecule has 1 aromatic rings. The van der Waals surface area contributed by atoms with E-state index in [9.17, 15) is 30.0 Å². The van der Waals surface area contributed by atoms with Gasteiger partial charge in [0.25, 0.3) is 0 Å². The van der Waals surface area contributed by atoms with Gasteiger partial charge in [0, 0.05) is 17.6 Å². The fourth-order valence-corrected chi connectivity index (χ4v) is 2.77. The number of hydrogen-bond acceptors (Lipinski definition) is 6. The maximum absolute atomic E-state index is 12.2. The largest absolute Gasteiger partial charge is 0.507 e. The van der Waals surface area contributed by atoms with Gasteiger partial charge in [-0.1, -0.05) is 0 Å². The minimum atomic E-state index is -1.05. The summed E-state index contributed by atoms with van der Waals surface area (Å²) in [6.07, 6.45) is 1.06. The Balaban J connectivity index is 2.42. The lowest BCUT2D eigenvalue weighted by atomic mass is 9.81. The zero-order valence-electron chi connectivity index (χ0n) is 11.0. The standard InChI is InChI=1S/C15H12O6/c1-5-2-8(17)11-12(13(5)19)14(20)7-3-6(16)4-9(18)10(7)15(11)21/h2,4,6,16,18,20-21H,3H2,1H3. The Morgan fingerprint density at radius 1 is 1.05 bits per heavy atom. The number of phenols is 2. The highest BCUT2D eigenvalue weighted by atomic mass is 16.3. The molecule has 0 aliphatic heterocycles. The summed E-state index contributed by atoms with van der Waals surface area (Å²) in [5.41, 5.74) is -0.519. The van der Waals surface area contributed by atoms with Crippen LogP contribution in [-0.2, 0) is 6.42 Å². The molecule has 0 fully saturated rings. The van der Waals surface area contributed by atoms with E-state index in [1.165, 1.54) is 6.92 Å². The van der Waals surface area contributed by atoms with E-state index in [0.29, 0.717) is 0 Å². The predicted octanol–water partition coefficient (Wildman–Crippen LogP) is 1.24. The minimum absolute atomic E-state index is 0.0506. The number of aromatic hydroxyl groups is 2. The zero-order chi connectivity index (χ0) is 15.5. The second-order valence-electron chi connectivity index (χ2n) is 5.14. The van der Waals surface area contributed by atoms with Gasteiger partial charge in [-0.3, -0.25) is 9.59 Å². The number of ketones is 2. The van der Waals surface area contributed by atoms with Crippen molar-refractivity contribution >= 4 is 17.3 Å². The summed E-state index contributed by atoms with van der Waals surface area (Å²) >= 11 is 0. The minimum Gasteiger partial charge on any atom is -0.507 e. The molecule has 0 bridgehead atoms. The van der Waals surface area contributed by atoms with Crippen molar-refractivity contribution in [2.75, 3.05) is 0 Å². The summed E-state index contributed by atoms with van der Waals surface area (Å²) in [5.74, 6) is -2.66. The van der Waals surface area contributed by atoms with Gasteiger partial charge in [-0.05, 0) is 19.1 Å². The molecule has 6 nitrogen and oxygen atoms in total. The zero-order valence-corrected chi connectivity index (χ0v) is 11.0. The van der Waals surface area contributed by atoms with Crippen LogP contribution in [0, 0.1) is 0 Å². The van der Waals surface area contributed by atoms with Gasteiger partial charge >= 0.3 is 0 Å². The molecule has 1 atom stereocenters. The molecule has 1 unspecified atom stereocenters. The molecule has 0 heterocycles. The van der Waals surface area contributed by atoms with Crippen LogP contribution < -0.4 is 0 Å². The number of carbonyl (C=O) groups is 2. The van der Waals surface area contributed by atoms with E-state index >= 15 is 0 Å². The lowest BCUT2D eigenvalue weighted by Gasteiger charge is -2.25. The maximum Gasteiger partial charge on any atom is 0.193 e. The van der Waals surface area contributed by atoms with E-state index in [-0.39, 0.29) is 34.2 Å². The molecule has 1 aromatic carbocycles. The molecular formula is C15H12O6. The molecule has 6 heteroatoms. The van der Waals surface area contributed by atoms with Crippen molar-refractivity contribution in [3.63, 3.8) is 0 Å². The van der Waals surface area contributed by atoms with Gasteiger partial charge in [0.15, 0.2) is 11.6 Å². The van der Waals surface area contributed by atoms with Gasteiger partial charge in [-0.15, -0.1) is 0 Å². The third-order valence-electron chi connectivity index (χ3n) is 3.75. The van der Waals surface area contributed by atoms with Crippen molar-refractivity contribution < 1.29 is 30.0 Å². The summed E-state index contributed by atoms with van der Waals surface area (Å²) in [4.78, 5) is 24.2. The van der Waals surface area contributed by atoms with Crippen LogP contribution in [0.1, 0.15) is 38.8 Å². The lowest BCUT2D eigenvalue weighted by molar-refractivity contribution is 0.0979. The van der Waals surface area contributed by atoms with E-state index in [1.807, 2.05) is 0 Å². The summed E-state index contributed by atoms with van der Waals surface area (Å²) in [7, 11) is 0. The fraction of sp³-hybridized carbons (Fsp3) is 0.200. The van der Waals surface area contributed by atoms with E-state index in [4.69, 9.17) is 0 Å². The molecule has 0 spiro atoms. The van der Waals surface area contributed by atoms with Crippen molar-refractivity contribution in [1.29, 1.82) is 0 Å². The van der Waals surface area contributed by atoms with Crippen LogP contribution in [0.15, 0.2) is 17.7 Å². The lowest BCUT2D eigenvalue weighted by Crippen LogP contribution is -2.21. The first-order chi connectivity index (χ1) is 9.82. The number of aliphatic hydroxyl groups excluding tert-OH is 2. The molecule has 21 heavy (non-hydrogen) atoms. The average molecular weight is 288 g/mol. The molecule has 0 saturated carbocycles. The summed E-state index contributed by atoms with van der Waals surface area (Å²) in [5, 5.41) is 40.0. The number of aliphatic hydroxyl groups is 2. The van der Waals surface area contributed by atoms with Crippen LogP contribution in [0.5, 0.6) is 11.5 Å².